The third kappa shape index (κ3) is 5.19. The lowest BCUT2D eigenvalue weighted by Crippen LogP contribution is -2.36. The van der Waals surface area contributed by atoms with Crippen molar-refractivity contribution in [3.05, 3.63) is 29.8 Å². The molecule has 100 valence electrons. The van der Waals surface area contributed by atoms with Crippen LogP contribution in [0.2, 0.25) is 0 Å². The van der Waals surface area contributed by atoms with Crippen LogP contribution in [0.5, 0.6) is 5.75 Å². The summed E-state index contributed by atoms with van der Waals surface area (Å²) in [6.07, 6.45) is 1.35. The number of aryl methyl sites for hydroxylation is 1. The first kappa shape index (κ1) is 14.5. The van der Waals surface area contributed by atoms with Crippen molar-refractivity contribution in [2.24, 2.45) is 5.73 Å². The van der Waals surface area contributed by atoms with E-state index in [1.165, 1.54) is 5.56 Å². The zero-order valence-electron chi connectivity index (χ0n) is 11.1. The lowest BCUT2D eigenvalue weighted by atomic mass is 10.2. The largest absolute Gasteiger partial charge is 0.481 e. The van der Waals surface area contributed by atoms with Crippen LogP contribution in [0, 0.1) is 6.92 Å². The Hall–Kier alpha value is -1.55. The first-order valence-corrected chi connectivity index (χ1v) is 6.34. The highest BCUT2D eigenvalue weighted by molar-refractivity contribution is 5.80. The van der Waals surface area contributed by atoms with Gasteiger partial charge in [0.15, 0.2) is 6.10 Å². The molecule has 0 aliphatic rings. The molecule has 0 saturated heterocycles. The minimum atomic E-state index is -0.481. The van der Waals surface area contributed by atoms with Crippen LogP contribution in [0.3, 0.4) is 0 Å². The Labute approximate surface area is 109 Å². The highest BCUT2D eigenvalue weighted by Crippen LogP contribution is 2.13. The Bertz CT molecular complexity index is 363. The number of benzene rings is 1. The number of nitrogens with one attached hydrogen (secondary N) is 1. The van der Waals surface area contributed by atoms with Crippen LogP contribution in [-0.2, 0) is 4.79 Å². The molecule has 0 saturated carbocycles. The minimum Gasteiger partial charge on any atom is -0.481 e. The molecule has 1 aromatic rings. The van der Waals surface area contributed by atoms with Crippen LogP contribution >= 0.6 is 0 Å². The Morgan fingerprint density at radius 3 is 2.61 bits per heavy atom. The average Bonchev–Trinajstić information content (AvgIpc) is 2.37. The molecule has 0 aromatic heterocycles. The molecule has 3 N–H and O–H groups in total. The molecule has 0 aliphatic heterocycles. The van der Waals surface area contributed by atoms with Crippen molar-refractivity contribution in [2.45, 2.75) is 32.8 Å². The van der Waals surface area contributed by atoms with Crippen molar-refractivity contribution in [1.29, 1.82) is 0 Å². The van der Waals surface area contributed by atoms with Gasteiger partial charge in [-0.15, -0.1) is 0 Å². The SMILES string of the molecule is Cc1ccc(OC(C)C(=O)NCCCCN)cc1. The standard InChI is InChI=1S/C14H22N2O2/c1-11-5-7-13(8-6-11)18-12(2)14(17)16-10-4-3-9-15/h5-8,12H,3-4,9-10,15H2,1-2H3,(H,16,17). The Morgan fingerprint density at radius 1 is 1.33 bits per heavy atom. The van der Waals surface area contributed by atoms with Gasteiger partial charge in [-0.25, -0.2) is 0 Å². The van der Waals surface area contributed by atoms with Gasteiger partial charge in [-0.2, -0.15) is 0 Å². The molecule has 4 heteroatoms. The van der Waals surface area contributed by atoms with Gasteiger partial charge in [-0.1, -0.05) is 17.7 Å². The van der Waals surface area contributed by atoms with Crippen molar-refractivity contribution in [3.63, 3.8) is 0 Å². The minimum absolute atomic E-state index is 0.0902. The maximum absolute atomic E-state index is 11.7. The second-order valence-corrected chi connectivity index (χ2v) is 4.36. The van der Waals surface area contributed by atoms with Crippen molar-refractivity contribution in [1.82, 2.24) is 5.32 Å². The zero-order chi connectivity index (χ0) is 13.4. The maximum Gasteiger partial charge on any atom is 0.260 e. The normalized spacial score (nSPS) is 11.9. The van der Waals surface area contributed by atoms with E-state index in [-0.39, 0.29) is 5.91 Å². The van der Waals surface area contributed by atoms with Gasteiger partial charge in [0.25, 0.3) is 5.91 Å². The van der Waals surface area contributed by atoms with Gasteiger partial charge in [0.1, 0.15) is 5.75 Å². The Morgan fingerprint density at radius 2 is 2.00 bits per heavy atom. The van der Waals surface area contributed by atoms with Crippen molar-refractivity contribution in [3.8, 4) is 5.75 Å². The molecule has 1 rings (SSSR count). The van der Waals surface area contributed by atoms with Crippen LogP contribution in [0.15, 0.2) is 24.3 Å². The van der Waals surface area contributed by atoms with E-state index in [1.807, 2.05) is 31.2 Å². The van der Waals surface area contributed by atoms with Gasteiger partial charge >= 0.3 is 0 Å². The number of carbonyl (C=O) groups is 1. The smallest absolute Gasteiger partial charge is 0.260 e. The summed E-state index contributed by atoms with van der Waals surface area (Å²) in [5, 5.41) is 2.83. The van der Waals surface area contributed by atoms with E-state index in [0.717, 1.165) is 12.8 Å². The number of carbonyl (C=O) groups excluding carboxylic acids is 1. The monoisotopic (exact) mass is 250 g/mol. The fourth-order valence-electron chi connectivity index (χ4n) is 1.50. The molecule has 0 radical (unpaired) electrons. The van der Waals surface area contributed by atoms with Gasteiger partial charge in [0.2, 0.25) is 0 Å². The van der Waals surface area contributed by atoms with Crippen LogP contribution < -0.4 is 15.8 Å². The summed E-state index contributed by atoms with van der Waals surface area (Å²) in [5.41, 5.74) is 6.55. The second kappa shape index (κ2) is 7.71. The lowest BCUT2D eigenvalue weighted by Gasteiger charge is -2.14. The number of hydrogen-bond donors (Lipinski definition) is 2. The summed E-state index contributed by atoms with van der Waals surface area (Å²) >= 11 is 0. The highest BCUT2D eigenvalue weighted by atomic mass is 16.5. The van der Waals surface area contributed by atoms with Gasteiger partial charge in [-0.05, 0) is 45.4 Å². The maximum atomic E-state index is 11.7. The van der Waals surface area contributed by atoms with Gasteiger partial charge < -0.3 is 15.8 Å². The number of hydrogen-bond acceptors (Lipinski definition) is 3. The first-order chi connectivity index (χ1) is 8.63. The summed E-state index contributed by atoms with van der Waals surface area (Å²) in [6.45, 7) is 5.07. The molecular weight excluding hydrogens is 228 g/mol. The number of unbranched alkanes of at least 4 members (excludes halogenated alkanes) is 1. The molecule has 0 heterocycles. The van der Waals surface area contributed by atoms with Crippen LogP contribution in [-0.4, -0.2) is 25.1 Å². The second-order valence-electron chi connectivity index (χ2n) is 4.36. The van der Waals surface area contributed by atoms with Crippen molar-refractivity contribution in [2.75, 3.05) is 13.1 Å². The van der Waals surface area contributed by atoms with Crippen molar-refractivity contribution >= 4 is 5.91 Å². The number of amides is 1. The van der Waals surface area contributed by atoms with E-state index < -0.39 is 6.10 Å². The lowest BCUT2D eigenvalue weighted by molar-refractivity contribution is -0.127. The molecule has 18 heavy (non-hydrogen) atoms. The molecule has 1 amide bonds. The predicted octanol–water partition coefficient (Wildman–Crippen LogP) is 1.62. The van der Waals surface area contributed by atoms with E-state index in [4.69, 9.17) is 10.5 Å². The number of ether oxygens (including phenoxy) is 1. The molecule has 0 fully saturated rings. The van der Waals surface area contributed by atoms with Crippen LogP contribution in [0.4, 0.5) is 0 Å². The van der Waals surface area contributed by atoms with E-state index in [0.29, 0.717) is 18.8 Å². The summed E-state index contributed by atoms with van der Waals surface area (Å²) in [4.78, 5) is 11.7. The van der Waals surface area contributed by atoms with E-state index in [9.17, 15) is 4.79 Å². The molecule has 4 nitrogen and oxygen atoms in total. The fourth-order valence-corrected chi connectivity index (χ4v) is 1.50. The van der Waals surface area contributed by atoms with E-state index in [1.54, 1.807) is 6.92 Å². The predicted molar refractivity (Wildman–Crippen MR) is 72.6 cm³/mol. The summed E-state index contributed by atoms with van der Waals surface area (Å²) in [7, 11) is 0. The third-order valence-corrected chi connectivity index (χ3v) is 2.63. The Kier molecular flexibility index (Phi) is 6.22. The zero-order valence-corrected chi connectivity index (χ0v) is 11.1. The number of nitrogens with two attached hydrogens (primary N) is 1. The molecule has 1 aromatic carbocycles. The number of rotatable bonds is 7. The van der Waals surface area contributed by atoms with E-state index in [2.05, 4.69) is 5.32 Å². The third-order valence-electron chi connectivity index (χ3n) is 2.63. The molecule has 0 spiro atoms. The van der Waals surface area contributed by atoms with Crippen LogP contribution in [0.25, 0.3) is 0 Å². The molecule has 1 unspecified atom stereocenters. The van der Waals surface area contributed by atoms with Crippen molar-refractivity contribution < 1.29 is 9.53 Å². The van der Waals surface area contributed by atoms with Gasteiger partial charge in [0, 0.05) is 6.54 Å². The molecule has 0 bridgehead atoms. The topological polar surface area (TPSA) is 64.3 Å². The molecule has 1 atom stereocenters. The summed E-state index contributed by atoms with van der Waals surface area (Å²) in [6, 6.07) is 7.66. The molecular formula is C14H22N2O2. The summed E-state index contributed by atoms with van der Waals surface area (Å²) in [5.74, 6) is 0.623. The molecule has 0 aliphatic carbocycles. The Balaban J connectivity index is 2.33. The summed E-state index contributed by atoms with van der Waals surface area (Å²) < 4.78 is 5.55. The van der Waals surface area contributed by atoms with Gasteiger partial charge in [0.05, 0.1) is 0 Å². The average molecular weight is 250 g/mol. The van der Waals surface area contributed by atoms with E-state index >= 15 is 0 Å². The first-order valence-electron chi connectivity index (χ1n) is 6.34. The van der Waals surface area contributed by atoms with Crippen LogP contribution in [0.1, 0.15) is 25.3 Å². The fraction of sp³-hybridized carbons (Fsp3) is 0.500. The quantitative estimate of drug-likeness (QED) is 0.723. The van der Waals surface area contributed by atoms with Gasteiger partial charge in [-0.3, -0.25) is 4.79 Å². The highest BCUT2D eigenvalue weighted by Gasteiger charge is 2.13.